The molecule has 0 radical (unpaired) electrons. The highest BCUT2D eigenvalue weighted by Gasteiger charge is 2.37. The molecule has 1 aliphatic rings. The van der Waals surface area contributed by atoms with E-state index in [9.17, 15) is 4.79 Å². The summed E-state index contributed by atoms with van der Waals surface area (Å²) in [6.07, 6.45) is 7.05. The molecular formula is C27H32N2O. The van der Waals surface area contributed by atoms with Crippen molar-refractivity contribution >= 4 is 16.8 Å². The molecule has 0 aliphatic carbocycles. The van der Waals surface area contributed by atoms with Crippen molar-refractivity contribution in [2.75, 3.05) is 13.1 Å². The number of fused-ring (bicyclic) bond motifs is 1. The Kier molecular flexibility index (Phi) is 5.80. The van der Waals surface area contributed by atoms with Crippen molar-refractivity contribution in [3.63, 3.8) is 0 Å². The number of piperidine rings is 1. The number of allylic oxidation sites excluding steroid dienone is 1. The number of H-pyrrole nitrogens is 1. The van der Waals surface area contributed by atoms with Gasteiger partial charge in [0.2, 0.25) is 0 Å². The zero-order valence-electron chi connectivity index (χ0n) is 18.2. The molecule has 2 aromatic carbocycles. The molecule has 1 fully saturated rings. The van der Waals surface area contributed by atoms with E-state index in [1.165, 1.54) is 16.7 Å². The van der Waals surface area contributed by atoms with Crippen LogP contribution in [0.2, 0.25) is 0 Å². The van der Waals surface area contributed by atoms with Gasteiger partial charge in [-0.2, -0.15) is 0 Å². The highest BCUT2D eigenvalue weighted by atomic mass is 16.2. The molecule has 1 saturated heterocycles. The van der Waals surface area contributed by atoms with Crippen LogP contribution in [0.25, 0.3) is 10.9 Å². The summed E-state index contributed by atoms with van der Waals surface area (Å²) in [5.41, 5.74) is 6.01. The first-order valence-corrected chi connectivity index (χ1v) is 11.1. The smallest absolute Gasteiger partial charge is 0.270 e. The van der Waals surface area contributed by atoms with Gasteiger partial charge in [0.15, 0.2) is 0 Å². The number of aromatic nitrogens is 1. The van der Waals surface area contributed by atoms with E-state index in [1.807, 2.05) is 17.0 Å². The van der Waals surface area contributed by atoms with Crippen molar-refractivity contribution in [1.29, 1.82) is 0 Å². The van der Waals surface area contributed by atoms with Gasteiger partial charge in [0.05, 0.1) is 0 Å². The Morgan fingerprint density at radius 2 is 1.93 bits per heavy atom. The van der Waals surface area contributed by atoms with Crippen LogP contribution in [-0.2, 0) is 11.8 Å². The van der Waals surface area contributed by atoms with Crippen LogP contribution in [0.1, 0.15) is 59.8 Å². The number of nitrogens with one attached hydrogen (secondary N) is 1. The molecule has 0 unspecified atom stereocenters. The van der Waals surface area contributed by atoms with Crippen LogP contribution < -0.4 is 0 Å². The third kappa shape index (κ3) is 3.81. The predicted octanol–water partition coefficient (Wildman–Crippen LogP) is 6.18. The number of aryl methyl sites for hydroxylation is 2. The molecule has 4 rings (SSSR count). The fourth-order valence-corrected chi connectivity index (χ4v) is 5.01. The Bertz CT molecular complexity index is 1050. The first kappa shape index (κ1) is 20.5. The normalized spacial score (nSPS) is 16.0. The van der Waals surface area contributed by atoms with Gasteiger partial charge in [-0.05, 0) is 79.3 Å². The van der Waals surface area contributed by atoms with E-state index < -0.39 is 0 Å². The number of carbonyl (C=O) groups excluding carboxylic acids is 1. The van der Waals surface area contributed by atoms with Crippen molar-refractivity contribution < 1.29 is 4.79 Å². The summed E-state index contributed by atoms with van der Waals surface area (Å²) in [7, 11) is 0. The van der Waals surface area contributed by atoms with E-state index in [-0.39, 0.29) is 11.3 Å². The van der Waals surface area contributed by atoms with Gasteiger partial charge in [0.1, 0.15) is 5.69 Å². The van der Waals surface area contributed by atoms with Crippen molar-refractivity contribution in [3.05, 3.63) is 83.6 Å². The number of hydrogen-bond acceptors (Lipinski definition) is 1. The molecule has 1 amide bonds. The van der Waals surface area contributed by atoms with E-state index in [0.29, 0.717) is 5.69 Å². The average molecular weight is 401 g/mol. The third-order valence-corrected chi connectivity index (χ3v) is 6.95. The second-order valence-electron chi connectivity index (χ2n) is 8.67. The highest BCUT2D eigenvalue weighted by molar-refractivity contribution is 5.98. The zero-order valence-corrected chi connectivity index (χ0v) is 18.2. The fourth-order valence-electron chi connectivity index (χ4n) is 5.01. The zero-order chi connectivity index (χ0) is 21.1. The summed E-state index contributed by atoms with van der Waals surface area (Å²) in [4.78, 5) is 18.6. The number of amides is 1. The number of benzene rings is 2. The van der Waals surface area contributed by atoms with E-state index >= 15 is 0 Å². The van der Waals surface area contributed by atoms with Gasteiger partial charge in [0.25, 0.3) is 5.91 Å². The first-order chi connectivity index (χ1) is 14.6. The van der Waals surface area contributed by atoms with Gasteiger partial charge in [-0.1, -0.05) is 43.3 Å². The summed E-state index contributed by atoms with van der Waals surface area (Å²) in [5.74, 6) is 0.119. The quantitative estimate of drug-likeness (QED) is 0.493. The predicted molar refractivity (Wildman–Crippen MR) is 125 cm³/mol. The second kappa shape index (κ2) is 8.51. The molecule has 156 valence electrons. The lowest BCUT2D eigenvalue weighted by atomic mass is 9.69. The van der Waals surface area contributed by atoms with E-state index in [1.54, 1.807) is 0 Å². The second-order valence-corrected chi connectivity index (χ2v) is 8.67. The molecule has 2 heterocycles. The maximum atomic E-state index is 13.2. The summed E-state index contributed by atoms with van der Waals surface area (Å²) in [5, 5.41) is 1.11. The lowest BCUT2D eigenvalue weighted by Gasteiger charge is -2.42. The number of carbonyl (C=O) groups is 1. The molecule has 30 heavy (non-hydrogen) atoms. The van der Waals surface area contributed by atoms with Crippen molar-refractivity contribution in [3.8, 4) is 0 Å². The van der Waals surface area contributed by atoms with Gasteiger partial charge >= 0.3 is 0 Å². The Hall–Kier alpha value is -2.81. The molecule has 3 heteroatoms. The lowest BCUT2D eigenvalue weighted by Crippen LogP contribution is -2.45. The number of rotatable bonds is 6. The molecule has 0 bridgehead atoms. The van der Waals surface area contributed by atoms with Gasteiger partial charge in [0, 0.05) is 24.0 Å². The lowest BCUT2D eigenvalue weighted by molar-refractivity contribution is 0.0657. The van der Waals surface area contributed by atoms with Crippen LogP contribution in [0.15, 0.2) is 61.2 Å². The molecule has 0 saturated carbocycles. The van der Waals surface area contributed by atoms with Gasteiger partial charge in [-0.15, -0.1) is 6.58 Å². The summed E-state index contributed by atoms with van der Waals surface area (Å²) >= 11 is 0. The molecular weight excluding hydrogens is 368 g/mol. The van der Waals surface area contributed by atoms with Gasteiger partial charge in [-0.25, -0.2) is 0 Å². The summed E-state index contributed by atoms with van der Waals surface area (Å²) < 4.78 is 0. The average Bonchev–Trinajstić information content (AvgIpc) is 3.21. The van der Waals surface area contributed by atoms with Crippen molar-refractivity contribution in [1.82, 2.24) is 9.88 Å². The van der Waals surface area contributed by atoms with E-state index in [4.69, 9.17) is 0 Å². The molecule has 0 spiro atoms. The van der Waals surface area contributed by atoms with Gasteiger partial charge in [-0.3, -0.25) is 4.79 Å². The van der Waals surface area contributed by atoms with E-state index in [2.05, 4.69) is 67.9 Å². The summed E-state index contributed by atoms with van der Waals surface area (Å²) in [6, 6.07) is 17.2. The van der Waals surface area contributed by atoms with Crippen molar-refractivity contribution in [2.24, 2.45) is 0 Å². The molecule has 1 aromatic heterocycles. The summed E-state index contributed by atoms with van der Waals surface area (Å²) in [6.45, 7) is 9.90. The Labute approximate surface area is 179 Å². The van der Waals surface area contributed by atoms with E-state index in [0.717, 1.165) is 56.1 Å². The number of hydrogen-bond donors (Lipinski definition) is 1. The monoisotopic (exact) mass is 400 g/mol. The Morgan fingerprint density at radius 3 is 2.63 bits per heavy atom. The molecule has 0 atom stereocenters. The topological polar surface area (TPSA) is 36.1 Å². The minimum absolute atomic E-state index is 0.119. The third-order valence-electron chi connectivity index (χ3n) is 6.95. The minimum Gasteiger partial charge on any atom is -0.351 e. The highest BCUT2D eigenvalue weighted by Crippen LogP contribution is 2.40. The van der Waals surface area contributed by atoms with Crippen LogP contribution in [0.3, 0.4) is 0 Å². The largest absolute Gasteiger partial charge is 0.351 e. The number of likely N-dealkylation sites (tertiary alicyclic amines) is 1. The first-order valence-electron chi connectivity index (χ1n) is 11.1. The molecule has 3 aromatic rings. The number of aromatic amines is 1. The minimum atomic E-state index is 0.119. The number of nitrogens with zero attached hydrogens (tertiary/aromatic N) is 1. The van der Waals surface area contributed by atoms with Crippen LogP contribution in [0, 0.1) is 6.92 Å². The maximum Gasteiger partial charge on any atom is 0.270 e. The van der Waals surface area contributed by atoms with Crippen LogP contribution >= 0.6 is 0 Å². The van der Waals surface area contributed by atoms with Crippen molar-refractivity contribution in [2.45, 2.75) is 51.4 Å². The maximum absolute atomic E-state index is 13.2. The van der Waals surface area contributed by atoms with Gasteiger partial charge < -0.3 is 9.88 Å². The van der Waals surface area contributed by atoms with Crippen LogP contribution in [0.5, 0.6) is 0 Å². The Balaban J connectivity index is 1.50. The fraction of sp³-hybridized carbons (Fsp3) is 0.370. The molecule has 3 nitrogen and oxygen atoms in total. The standard InChI is InChI=1S/C27H32N2O/c1-4-6-10-21-12-13-24-22(18-21)19-25(28-24)26(30)29-16-14-27(5-2,15-17-29)23-11-8-7-9-20(23)3/h4,7-9,11-13,18-19,28H,1,5-6,10,14-17H2,2-3H3. The molecule has 1 N–H and O–H groups in total. The van der Waals surface area contributed by atoms with Crippen LogP contribution in [0.4, 0.5) is 0 Å². The van der Waals surface area contributed by atoms with Crippen LogP contribution in [-0.4, -0.2) is 28.9 Å². The Morgan fingerprint density at radius 1 is 1.17 bits per heavy atom. The SMILES string of the molecule is C=CCCc1ccc2[nH]c(C(=O)N3CCC(CC)(c4ccccc4C)CC3)cc2c1. The molecule has 1 aliphatic heterocycles.